The van der Waals surface area contributed by atoms with Crippen LogP contribution in [0, 0.1) is 5.92 Å². The van der Waals surface area contributed by atoms with Gasteiger partial charge in [0.05, 0.1) is 0 Å². The van der Waals surface area contributed by atoms with Crippen LogP contribution in [0.2, 0.25) is 0 Å². The Bertz CT molecular complexity index is 725. The summed E-state index contributed by atoms with van der Waals surface area (Å²) in [6.45, 7) is 1.57. The molecule has 0 unspecified atom stereocenters. The summed E-state index contributed by atoms with van der Waals surface area (Å²) in [6.07, 6.45) is 3.50. The molecule has 0 atom stereocenters. The second-order valence-corrected chi connectivity index (χ2v) is 7.94. The molecule has 1 spiro atoms. The zero-order valence-electron chi connectivity index (χ0n) is 15.2. The molecule has 1 aromatic rings. The number of aryl methyl sites for hydroxylation is 1. The molecule has 2 aliphatic rings. The van der Waals surface area contributed by atoms with Crippen LogP contribution >= 0.6 is 11.3 Å². The highest BCUT2D eigenvalue weighted by molar-refractivity contribution is 7.07. The number of nitrogens with zero attached hydrogens (tertiary/aromatic N) is 1. The van der Waals surface area contributed by atoms with Gasteiger partial charge in [-0.25, -0.2) is 4.79 Å². The topological polar surface area (TPSA) is 105 Å². The maximum absolute atomic E-state index is 12.6. The number of esters is 1. The minimum absolute atomic E-state index is 0.161. The molecule has 146 valence electrons. The summed E-state index contributed by atoms with van der Waals surface area (Å²) in [5.41, 5.74) is 2.36. The number of hydrazine groups is 1. The van der Waals surface area contributed by atoms with Crippen LogP contribution < -0.4 is 10.7 Å². The largest absolute Gasteiger partial charge is 0.455 e. The summed E-state index contributed by atoms with van der Waals surface area (Å²) in [6, 6.07) is 1.27. The van der Waals surface area contributed by atoms with Gasteiger partial charge >= 0.3 is 12.0 Å². The molecule has 1 aromatic heterocycles. The van der Waals surface area contributed by atoms with Gasteiger partial charge in [-0.05, 0) is 60.4 Å². The van der Waals surface area contributed by atoms with E-state index in [1.165, 1.54) is 0 Å². The van der Waals surface area contributed by atoms with Gasteiger partial charge in [-0.15, -0.1) is 0 Å². The third-order valence-corrected chi connectivity index (χ3v) is 5.82. The van der Waals surface area contributed by atoms with Gasteiger partial charge in [-0.2, -0.15) is 16.3 Å². The fourth-order valence-electron chi connectivity index (χ4n) is 3.37. The van der Waals surface area contributed by atoms with Crippen molar-refractivity contribution in [3.8, 4) is 0 Å². The lowest BCUT2D eigenvalue weighted by molar-refractivity contribution is -0.150. The number of carbonyl (C=O) groups excluding carboxylic acids is 4. The Morgan fingerprint density at radius 1 is 1.37 bits per heavy atom. The van der Waals surface area contributed by atoms with Gasteiger partial charge in [-0.1, -0.05) is 6.92 Å². The summed E-state index contributed by atoms with van der Waals surface area (Å²) in [4.78, 5) is 48.5. The molecule has 8 nitrogen and oxygen atoms in total. The third kappa shape index (κ3) is 4.47. The molecule has 0 radical (unpaired) electrons. The van der Waals surface area contributed by atoms with E-state index >= 15 is 0 Å². The van der Waals surface area contributed by atoms with Gasteiger partial charge < -0.3 is 10.1 Å². The van der Waals surface area contributed by atoms with Gasteiger partial charge in [0.15, 0.2) is 6.61 Å². The molecular weight excluding hydrogens is 370 g/mol. The maximum atomic E-state index is 12.6. The molecular formula is C18H23N3O5S. The van der Waals surface area contributed by atoms with Crippen molar-refractivity contribution >= 4 is 35.2 Å². The third-order valence-electron chi connectivity index (χ3n) is 5.09. The number of thiophene rings is 1. The minimum atomic E-state index is -0.923. The molecule has 0 bridgehead atoms. The van der Waals surface area contributed by atoms with E-state index < -0.39 is 36.0 Å². The molecule has 3 rings (SSSR count). The highest BCUT2D eigenvalue weighted by Crippen LogP contribution is 2.35. The number of ether oxygens (including phenoxy) is 1. The summed E-state index contributed by atoms with van der Waals surface area (Å²) < 4.78 is 4.92. The van der Waals surface area contributed by atoms with Crippen molar-refractivity contribution in [2.24, 2.45) is 5.92 Å². The van der Waals surface area contributed by atoms with E-state index in [1.807, 2.05) is 16.8 Å². The van der Waals surface area contributed by atoms with E-state index in [0.717, 1.165) is 18.4 Å². The molecule has 2 heterocycles. The molecule has 0 aromatic carbocycles. The van der Waals surface area contributed by atoms with Gasteiger partial charge in [0, 0.05) is 6.42 Å². The molecule has 2 fully saturated rings. The number of nitrogens with one attached hydrogen (secondary N) is 2. The number of amides is 4. The van der Waals surface area contributed by atoms with Crippen LogP contribution in [0.5, 0.6) is 0 Å². The zero-order valence-corrected chi connectivity index (χ0v) is 16.0. The van der Waals surface area contributed by atoms with Crippen molar-refractivity contribution < 1.29 is 23.9 Å². The smallest absolute Gasteiger partial charge is 0.344 e. The number of rotatable bonds is 6. The monoisotopic (exact) mass is 393 g/mol. The number of hydrogen-bond acceptors (Lipinski definition) is 6. The van der Waals surface area contributed by atoms with E-state index in [2.05, 4.69) is 17.7 Å². The standard InChI is InChI=1S/C18H23N3O5S/c1-12-4-7-18(8-5-12)16(24)21(17(25)19-18)20-14(22)10-26-15(23)3-2-13-6-9-27-11-13/h6,9,11-12H,2-5,7-8,10H2,1H3,(H,19,25)(H,20,22). The highest BCUT2D eigenvalue weighted by Gasteiger charge is 2.52. The van der Waals surface area contributed by atoms with Crippen molar-refractivity contribution in [1.82, 2.24) is 15.8 Å². The molecule has 1 aliphatic heterocycles. The lowest BCUT2D eigenvalue weighted by Gasteiger charge is -2.33. The Morgan fingerprint density at radius 2 is 2.11 bits per heavy atom. The molecule has 27 heavy (non-hydrogen) atoms. The van der Waals surface area contributed by atoms with Crippen LogP contribution in [0.15, 0.2) is 16.8 Å². The molecule has 2 N–H and O–H groups in total. The zero-order chi connectivity index (χ0) is 19.4. The number of hydrogen-bond donors (Lipinski definition) is 2. The second-order valence-electron chi connectivity index (χ2n) is 7.16. The number of carbonyl (C=O) groups is 4. The molecule has 4 amide bonds. The van der Waals surface area contributed by atoms with Crippen molar-refractivity contribution in [3.63, 3.8) is 0 Å². The van der Waals surface area contributed by atoms with Crippen LogP contribution in [0.1, 0.15) is 44.6 Å². The first-order chi connectivity index (χ1) is 12.9. The average molecular weight is 393 g/mol. The van der Waals surface area contributed by atoms with Crippen molar-refractivity contribution in [2.45, 2.75) is 51.0 Å². The summed E-state index contributed by atoms with van der Waals surface area (Å²) >= 11 is 1.55. The van der Waals surface area contributed by atoms with Crippen LogP contribution in [0.4, 0.5) is 4.79 Å². The Kier molecular flexibility index (Phi) is 5.79. The van der Waals surface area contributed by atoms with Crippen molar-refractivity contribution in [2.75, 3.05) is 6.61 Å². The SMILES string of the molecule is CC1CCC2(CC1)NC(=O)N(NC(=O)COC(=O)CCc1ccsc1)C2=O. The molecule has 1 saturated carbocycles. The van der Waals surface area contributed by atoms with Crippen LogP contribution in [0.3, 0.4) is 0 Å². The summed E-state index contributed by atoms with van der Waals surface area (Å²) in [5, 5.41) is 7.28. The normalized spacial score (nSPS) is 24.8. The Balaban J connectivity index is 1.45. The fourth-order valence-corrected chi connectivity index (χ4v) is 4.08. The first-order valence-electron chi connectivity index (χ1n) is 9.02. The second kappa shape index (κ2) is 8.08. The van der Waals surface area contributed by atoms with Gasteiger partial charge in [0.25, 0.3) is 11.8 Å². The highest BCUT2D eigenvalue weighted by atomic mass is 32.1. The number of urea groups is 1. The van der Waals surface area contributed by atoms with Gasteiger partial charge in [0.1, 0.15) is 5.54 Å². The Morgan fingerprint density at radius 3 is 2.78 bits per heavy atom. The van der Waals surface area contributed by atoms with Gasteiger partial charge in [0.2, 0.25) is 0 Å². The quantitative estimate of drug-likeness (QED) is 0.566. The van der Waals surface area contributed by atoms with E-state index in [0.29, 0.717) is 30.2 Å². The lowest BCUT2D eigenvalue weighted by Crippen LogP contribution is -2.52. The molecule has 9 heteroatoms. The van der Waals surface area contributed by atoms with Gasteiger partial charge in [-0.3, -0.25) is 19.8 Å². The van der Waals surface area contributed by atoms with Crippen molar-refractivity contribution in [3.05, 3.63) is 22.4 Å². The summed E-state index contributed by atoms with van der Waals surface area (Å²) in [7, 11) is 0. The van der Waals surface area contributed by atoms with Crippen LogP contribution in [-0.4, -0.2) is 41.0 Å². The van der Waals surface area contributed by atoms with Crippen molar-refractivity contribution in [1.29, 1.82) is 0 Å². The Hall–Kier alpha value is -2.42. The minimum Gasteiger partial charge on any atom is -0.455 e. The average Bonchev–Trinajstić information content (AvgIpc) is 3.24. The summed E-state index contributed by atoms with van der Waals surface area (Å²) in [5.74, 6) is -1.16. The van der Waals surface area contributed by atoms with E-state index in [4.69, 9.17) is 4.74 Å². The van der Waals surface area contributed by atoms with Crippen LogP contribution in [0.25, 0.3) is 0 Å². The maximum Gasteiger partial charge on any atom is 0.344 e. The molecule has 1 aliphatic carbocycles. The van der Waals surface area contributed by atoms with Crippen LogP contribution in [-0.2, 0) is 25.5 Å². The van der Waals surface area contributed by atoms with E-state index in [-0.39, 0.29) is 6.42 Å². The number of imide groups is 1. The predicted molar refractivity (Wildman–Crippen MR) is 97.5 cm³/mol. The Labute approximate surface area is 161 Å². The lowest BCUT2D eigenvalue weighted by atomic mass is 9.77. The fraction of sp³-hybridized carbons (Fsp3) is 0.556. The first kappa shape index (κ1) is 19.3. The first-order valence-corrected chi connectivity index (χ1v) is 9.97. The van der Waals surface area contributed by atoms with E-state index in [9.17, 15) is 19.2 Å². The molecule has 1 saturated heterocycles. The predicted octanol–water partition coefficient (Wildman–Crippen LogP) is 1.76. The van der Waals surface area contributed by atoms with E-state index in [1.54, 1.807) is 11.3 Å².